The molecule has 0 N–H and O–H groups in total. The first-order valence-electron chi connectivity index (χ1n) is 5.17. The minimum atomic E-state index is -1.03. The number of hydrogen-bond donors (Lipinski definition) is 0. The number of carbonyl (C=O) groups excluding carboxylic acids is 2. The molecule has 0 amide bonds. The van der Waals surface area contributed by atoms with Crippen LogP contribution in [0, 0.1) is 0 Å². The van der Waals surface area contributed by atoms with Crippen molar-refractivity contribution in [3.8, 4) is 0 Å². The lowest BCUT2D eigenvalue weighted by Crippen LogP contribution is -2.29. The van der Waals surface area contributed by atoms with Gasteiger partial charge < -0.3 is 4.74 Å². The molecule has 3 heteroatoms. The molecule has 0 aliphatic rings. The molecule has 1 rings (SSSR count). The number of hydrogen-bond acceptors (Lipinski definition) is 3. The standard InChI is InChI=1S/C14H14O3/c1-4-13(16)17-14(2,3)12(10-15)11-8-6-5-7-9-11/h4-9H,1H2,2-3H3. The summed E-state index contributed by atoms with van der Waals surface area (Å²) < 4.78 is 5.14. The summed E-state index contributed by atoms with van der Waals surface area (Å²) in [7, 11) is 0. The Kier molecular flexibility index (Phi) is 4.02. The molecular formula is C14H14O3. The highest BCUT2D eigenvalue weighted by Gasteiger charge is 2.29. The van der Waals surface area contributed by atoms with Crippen LogP contribution < -0.4 is 0 Å². The molecule has 0 aliphatic heterocycles. The van der Waals surface area contributed by atoms with Crippen molar-refractivity contribution in [2.75, 3.05) is 0 Å². The second-order valence-corrected chi connectivity index (χ2v) is 3.98. The third kappa shape index (κ3) is 3.16. The van der Waals surface area contributed by atoms with E-state index in [1.54, 1.807) is 38.1 Å². The second-order valence-electron chi connectivity index (χ2n) is 3.98. The minimum absolute atomic E-state index is 0.299. The molecule has 0 aromatic heterocycles. The van der Waals surface area contributed by atoms with Gasteiger partial charge in [-0.2, -0.15) is 0 Å². The Morgan fingerprint density at radius 2 is 1.94 bits per heavy atom. The van der Waals surface area contributed by atoms with Crippen LogP contribution in [0.4, 0.5) is 0 Å². The topological polar surface area (TPSA) is 43.4 Å². The molecule has 88 valence electrons. The predicted octanol–water partition coefficient (Wildman–Crippen LogP) is 2.41. The van der Waals surface area contributed by atoms with Crippen molar-refractivity contribution in [3.05, 3.63) is 48.6 Å². The highest BCUT2D eigenvalue weighted by atomic mass is 16.6. The average molecular weight is 230 g/mol. The number of ether oxygens (including phenoxy) is 1. The molecule has 1 aromatic rings. The molecule has 0 atom stereocenters. The molecule has 0 bridgehead atoms. The molecule has 0 radical (unpaired) electrons. The van der Waals surface area contributed by atoms with E-state index in [0.717, 1.165) is 6.08 Å². The van der Waals surface area contributed by atoms with Crippen LogP contribution in [-0.2, 0) is 14.3 Å². The Morgan fingerprint density at radius 3 is 2.41 bits per heavy atom. The molecule has 0 saturated heterocycles. The van der Waals surface area contributed by atoms with Gasteiger partial charge >= 0.3 is 5.97 Å². The zero-order valence-corrected chi connectivity index (χ0v) is 9.90. The van der Waals surface area contributed by atoms with Crippen molar-refractivity contribution >= 4 is 17.5 Å². The molecule has 0 spiro atoms. The molecule has 1 aromatic carbocycles. The van der Waals surface area contributed by atoms with Crippen LogP contribution in [0.1, 0.15) is 19.4 Å². The summed E-state index contributed by atoms with van der Waals surface area (Å²) in [5.41, 5.74) is -0.0494. The van der Waals surface area contributed by atoms with Crippen LogP contribution in [0.15, 0.2) is 43.0 Å². The van der Waals surface area contributed by atoms with E-state index in [1.165, 1.54) is 0 Å². The summed E-state index contributed by atoms with van der Waals surface area (Å²) in [4.78, 5) is 22.2. The Morgan fingerprint density at radius 1 is 1.35 bits per heavy atom. The van der Waals surface area contributed by atoms with Crippen molar-refractivity contribution in [2.24, 2.45) is 0 Å². The third-order valence-corrected chi connectivity index (χ3v) is 2.29. The summed E-state index contributed by atoms with van der Waals surface area (Å²) in [5.74, 6) is 1.27. The Bertz CT molecular complexity index is 466. The first-order chi connectivity index (χ1) is 8.01. The van der Waals surface area contributed by atoms with Gasteiger partial charge in [-0.25, -0.2) is 9.59 Å². The van der Waals surface area contributed by atoms with Crippen molar-refractivity contribution in [1.82, 2.24) is 0 Å². The highest BCUT2D eigenvalue weighted by Crippen LogP contribution is 2.27. The number of esters is 1. The van der Waals surface area contributed by atoms with Gasteiger partial charge in [0.15, 0.2) is 0 Å². The minimum Gasteiger partial charge on any atom is -0.451 e. The summed E-state index contributed by atoms with van der Waals surface area (Å²) in [6.07, 6.45) is 1.06. The van der Waals surface area contributed by atoms with Crippen LogP contribution in [0.2, 0.25) is 0 Å². The van der Waals surface area contributed by atoms with Gasteiger partial charge in [-0.15, -0.1) is 0 Å². The van der Waals surface area contributed by atoms with E-state index in [9.17, 15) is 9.59 Å². The summed E-state index contributed by atoms with van der Waals surface area (Å²) in [6, 6.07) is 8.98. The molecule has 0 fully saturated rings. The lowest BCUT2D eigenvalue weighted by molar-refractivity contribution is -0.145. The molecular weight excluding hydrogens is 216 g/mol. The highest BCUT2D eigenvalue weighted by molar-refractivity contribution is 5.93. The van der Waals surface area contributed by atoms with Crippen molar-refractivity contribution in [2.45, 2.75) is 19.4 Å². The van der Waals surface area contributed by atoms with Crippen molar-refractivity contribution in [3.63, 3.8) is 0 Å². The van der Waals surface area contributed by atoms with Gasteiger partial charge in [0.1, 0.15) is 11.5 Å². The van der Waals surface area contributed by atoms with Gasteiger partial charge in [0.25, 0.3) is 0 Å². The molecule has 17 heavy (non-hydrogen) atoms. The number of benzene rings is 1. The fourth-order valence-corrected chi connectivity index (χ4v) is 1.48. The molecule has 3 nitrogen and oxygen atoms in total. The fraction of sp³-hybridized carbons (Fsp3) is 0.214. The first-order valence-corrected chi connectivity index (χ1v) is 5.17. The summed E-state index contributed by atoms with van der Waals surface area (Å²) >= 11 is 0. The van der Waals surface area contributed by atoms with Gasteiger partial charge in [0, 0.05) is 6.08 Å². The second kappa shape index (κ2) is 5.28. The molecule has 0 heterocycles. The van der Waals surface area contributed by atoms with Crippen LogP contribution in [0.25, 0.3) is 5.57 Å². The molecule has 0 aliphatic carbocycles. The first kappa shape index (κ1) is 12.9. The van der Waals surface area contributed by atoms with Gasteiger partial charge in [-0.05, 0) is 19.4 Å². The smallest absolute Gasteiger partial charge is 0.331 e. The van der Waals surface area contributed by atoms with E-state index >= 15 is 0 Å². The average Bonchev–Trinajstić information content (AvgIpc) is 2.30. The fourth-order valence-electron chi connectivity index (χ4n) is 1.48. The zero-order chi connectivity index (χ0) is 12.9. The molecule has 0 saturated carbocycles. The van der Waals surface area contributed by atoms with E-state index in [1.807, 2.05) is 12.0 Å². The SMILES string of the molecule is C=CC(=O)OC(C)(C)C(=C=O)c1ccccc1. The maximum absolute atomic E-state index is 11.2. The van der Waals surface area contributed by atoms with Crippen LogP contribution in [-0.4, -0.2) is 17.5 Å². The van der Waals surface area contributed by atoms with Crippen molar-refractivity contribution in [1.29, 1.82) is 0 Å². The van der Waals surface area contributed by atoms with Crippen molar-refractivity contribution < 1.29 is 14.3 Å². The van der Waals surface area contributed by atoms with E-state index in [2.05, 4.69) is 6.58 Å². The molecule has 0 unspecified atom stereocenters. The summed E-state index contributed by atoms with van der Waals surface area (Å²) in [6.45, 7) is 6.60. The zero-order valence-electron chi connectivity index (χ0n) is 9.90. The van der Waals surface area contributed by atoms with Crippen LogP contribution in [0.3, 0.4) is 0 Å². The number of carbonyl (C=O) groups is 1. The summed E-state index contributed by atoms with van der Waals surface area (Å²) in [5, 5.41) is 0. The van der Waals surface area contributed by atoms with Crippen LogP contribution in [0.5, 0.6) is 0 Å². The Balaban J connectivity index is 3.08. The van der Waals surface area contributed by atoms with Crippen LogP contribution >= 0.6 is 0 Å². The van der Waals surface area contributed by atoms with Gasteiger partial charge in [-0.1, -0.05) is 36.9 Å². The van der Waals surface area contributed by atoms with E-state index < -0.39 is 11.6 Å². The predicted molar refractivity (Wildman–Crippen MR) is 65.9 cm³/mol. The maximum atomic E-state index is 11.2. The normalized spacial score (nSPS) is 10.2. The third-order valence-electron chi connectivity index (χ3n) is 2.29. The Labute approximate surface area is 100 Å². The van der Waals surface area contributed by atoms with E-state index in [0.29, 0.717) is 11.1 Å². The number of rotatable bonds is 4. The largest absolute Gasteiger partial charge is 0.451 e. The lowest BCUT2D eigenvalue weighted by Gasteiger charge is -2.25. The van der Waals surface area contributed by atoms with E-state index in [-0.39, 0.29) is 0 Å². The lowest BCUT2D eigenvalue weighted by atomic mass is 9.92. The van der Waals surface area contributed by atoms with Gasteiger partial charge in [0.05, 0.1) is 5.57 Å². The monoisotopic (exact) mass is 230 g/mol. The van der Waals surface area contributed by atoms with Gasteiger partial charge in [-0.3, -0.25) is 0 Å². The van der Waals surface area contributed by atoms with E-state index in [4.69, 9.17) is 4.74 Å². The Hall–Kier alpha value is -2.12. The quantitative estimate of drug-likeness (QED) is 0.453. The maximum Gasteiger partial charge on any atom is 0.331 e. The van der Waals surface area contributed by atoms with Gasteiger partial charge in [0.2, 0.25) is 0 Å².